The zero-order valence-electron chi connectivity index (χ0n) is 15.2. The zero-order valence-corrected chi connectivity index (χ0v) is 16.0. The van der Waals surface area contributed by atoms with E-state index in [0.29, 0.717) is 13.0 Å². The highest BCUT2D eigenvalue weighted by atomic mass is 32.1. The number of benzene rings is 1. The zero-order chi connectivity index (χ0) is 18.1. The number of carbonyl (C=O) groups excluding carboxylic acids is 1. The lowest BCUT2D eigenvalue weighted by Crippen LogP contribution is -2.20. The molecule has 1 aromatic heterocycles. The number of nitrogens with zero attached hydrogens (tertiary/aromatic N) is 1. The molecule has 0 radical (unpaired) electrons. The highest BCUT2D eigenvalue weighted by molar-refractivity contribution is 7.14. The molecule has 25 heavy (non-hydrogen) atoms. The minimum Gasteiger partial charge on any atom is -0.383 e. The van der Waals surface area contributed by atoms with E-state index in [-0.39, 0.29) is 11.9 Å². The van der Waals surface area contributed by atoms with Gasteiger partial charge in [-0.3, -0.25) is 4.79 Å². The number of rotatable bonds is 10. The monoisotopic (exact) mass is 361 g/mol. The molecule has 1 heterocycles. The van der Waals surface area contributed by atoms with Gasteiger partial charge < -0.3 is 15.4 Å². The van der Waals surface area contributed by atoms with E-state index in [1.807, 2.05) is 29.6 Å². The standard InChI is InChI=1S/C19H27N3O2S/c1-4-5-6-7-18(23)21-16-10-8-15(9-11-16)17-13-25-19(22-17)20-14(2)12-24-3/h8-11,13-14H,4-7,12H2,1-3H3,(H,20,22)(H,21,23)/t14-/m1/s1. The first-order valence-corrected chi connectivity index (χ1v) is 9.61. The van der Waals surface area contributed by atoms with Gasteiger partial charge in [0.15, 0.2) is 5.13 Å². The maximum atomic E-state index is 11.9. The number of thiazole rings is 1. The highest BCUT2D eigenvalue weighted by Crippen LogP contribution is 2.26. The van der Waals surface area contributed by atoms with E-state index in [0.717, 1.165) is 41.3 Å². The summed E-state index contributed by atoms with van der Waals surface area (Å²) in [5, 5.41) is 9.17. The minimum atomic E-state index is 0.0773. The van der Waals surface area contributed by atoms with Crippen LogP contribution >= 0.6 is 11.3 Å². The van der Waals surface area contributed by atoms with Gasteiger partial charge in [0.1, 0.15) is 0 Å². The Morgan fingerprint density at radius 3 is 2.72 bits per heavy atom. The summed E-state index contributed by atoms with van der Waals surface area (Å²) in [6, 6.07) is 8.03. The molecule has 0 unspecified atom stereocenters. The molecular weight excluding hydrogens is 334 g/mol. The first kappa shape index (κ1) is 19.4. The lowest BCUT2D eigenvalue weighted by molar-refractivity contribution is -0.116. The minimum absolute atomic E-state index is 0.0773. The molecule has 0 aliphatic rings. The van der Waals surface area contributed by atoms with E-state index >= 15 is 0 Å². The predicted molar refractivity (Wildman–Crippen MR) is 105 cm³/mol. The summed E-state index contributed by atoms with van der Waals surface area (Å²) in [5.41, 5.74) is 2.79. The van der Waals surface area contributed by atoms with Gasteiger partial charge in [-0.25, -0.2) is 4.98 Å². The van der Waals surface area contributed by atoms with Crippen molar-refractivity contribution in [2.75, 3.05) is 24.4 Å². The van der Waals surface area contributed by atoms with Crippen LogP contribution in [0.4, 0.5) is 10.8 Å². The molecule has 1 aromatic carbocycles. The molecule has 5 nitrogen and oxygen atoms in total. The third kappa shape index (κ3) is 6.48. The number of ether oxygens (including phenoxy) is 1. The van der Waals surface area contributed by atoms with Crippen molar-refractivity contribution in [3.05, 3.63) is 29.6 Å². The molecule has 1 atom stereocenters. The first-order valence-electron chi connectivity index (χ1n) is 8.73. The number of hydrogen-bond acceptors (Lipinski definition) is 5. The average molecular weight is 362 g/mol. The molecule has 6 heteroatoms. The largest absolute Gasteiger partial charge is 0.383 e. The third-order valence-electron chi connectivity index (χ3n) is 3.76. The van der Waals surface area contributed by atoms with E-state index in [2.05, 4.69) is 29.5 Å². The maximum Gasteiger partial charge on any atom is 0.224 e. The van der Waals surface area contributed by atoms with Crippen LogP contribution in [-0.2, 0) is 9.53 Å². The van der Waals surface area contributed by atoms with E-state index in [1.54, 1.807) is 18.4 Å². The van der Waals surface area contributed by atoms with Crippen LogP contribution in [0.25, 0.3) is 11.3 Å². The van der Waals surface area contributed by atoms with Crippen LogP contribution in [0, 0.1) is 0 Å². The SMILES string of the molecule is CCCCCC(=O)Nc1ccc(-c2csc(N[C@H](C)COC)n2)cc1. The Kier molecular flexibility index (Phi) is 7.88. The fraction of sp³-hybridized carbons (Fsp3) is 0.474. The van der Waals surface area contributed by atoms with Gasteiger partial charge in [-0.1, -0.05) is 31.9 Å². The number of methoxy groups -OCH3 is 1. The number of nitrogens with one attached hydrogen (secondary N) is 2. The molecular formula is C19H27N3O2S. The van der Waals surface area contributed by atoms with Crippen molar-refractivity contribution >= 4 is 28.1 Å². The maximum absolute atomic E-state index is 11.9. The van der Waals surface area contributed by atoms with Gasteiger partial charge >= 0.3 is 0 Å². The summed E-state index contributed by atoms with van der Waals surface area (Å²) < 4.78 is 5.12. The van der Waals surface area contributed by atoms with Crippen molar-refractivity contribution < 1.29 is 9.53 Å². The quantitative estimate of drug-likeness (QED) is 0.598. The molecule has 1 amide bonds. The molecule has 0 fully saturated rings. The Morgan fingerprint density at radius 1 is 1.28 bits per heavy atom. The molecule has 0 saturated heterocycles. The average Bonchev–Trinajstić information content (AvgIpc) is 3.04. The molecule has 0 aliphatic carbocycles. The van der Waals surface area contributed by atoms with Gasteiger partial charge in [-0.15, -0.1) is 11.3 Å². The van der Waals surface area contributed by atoms with E-state index in [9.17, 15) is 4.79 Å². The van der Waals surface area contributed by atoms with Gasteiger partial charge in [0.05, 0.1) is 12.3 Å². The normalized spacial score (nSPS) is 12.0. The van der Waals surface area contributed by atoms with Gasteiger partial charge in [0, 0.05) is 36.2 Å². The van der Waals surface area contributed by atoms with Gasteiger partial charge in [-0.2, -0.15) is 0 Å². The Labute approximate surface area is 153 Å². The van der Waals surface area contributed by atoms with Crippen LogP contribution in [-0.4, -0.2) is 30.6 Å². The second-order valence-corrected chi connectivity index (χ2v) is 6.98. The van der Waals surface area contributed by atoms with Crippen molar-refractivity contribution in [3.8, 4) is 11.3 Å². The Balaban J connectivity index is 1.91. The topological polar surface area (TPSA) is 63.2 Å². The van der Waals surface area contributed by atoms with Gasteiger partial charge in [0.25, 0.3) is 0 Å². The van der Waals surface area contributed by atoms with Crippen molar-refractivity contribution in [2.24, 2.45) is 0 Å². The molecule has 0 aliphatic heterocycles. The lowest BCUT2D eigenvalue weighted by atomic mass is 10.1. The summed E-state index contributed by atoms with van der Waals surface area (Å²) >= 11 is 1.58. The number of unbranched alkanes of at least 4 members (excludes halogenated alkanes) is 2. The van der Waals surface area contributed by atoms with Gasteiger partial charge in [-0.05, 0) is 25.5 Å². The summed E-state index contributed by atoms with van der Waals surface area (Å²) in [6.45, 7) is 4.83. The molecule has 0 spiro atoms. The van der Waals surface area contributed by atoms with Crippen LogP contribution in [0.2, 0.25) is 0 Å². The molecule has 2 N–H and O–H groups in total. The fourth-order valence-corrected chi connectivity index (χ4v) is 3.29. The Hall–Kier alpha value is -1.92. The second kappa shape index (κ2) is 10.2. The van der Waals surface area contributed by atoms with E-state index in [1.165, 1.54) is 0 Å². The summed E-state index contributed by atoms with van der Waals surface area (Å²) in [4.78, 5) is 16.5. The number of hydrogen-bond donors (Lipinski definition) is 2. The summed E-state index contributed by atoms with van der Waals surface area (Å²) in [6.07, 6.45) is 3.74. The van der Waals surface area contributed by atoms with Crippen LogP contribution in [0.1, 0.15) is 39.5 Å². The molecule has 2 aromatic rings. The second-order valence-electron chi connectivity index (χ2n) is 6.12. The van der Waals surface area contributed by atoms with Crippen LogP contribution < -0.4 is 10.6 Å². The highest BCUT2D eigenvalue weighted by Gasteiger charge is 2.08. The van der Waals surface area contributed by atoms with Crippen LogP contribution in [0.5, 0.6) is 0 Å². The predicted octanol–water partition coefficient (Wildman–Crippen LogP) is 4.78. The van der Waals surface area contributed by atoms with Crippen LogP contribution in [0.3, 0.4) is 0 Å². The van der Waals surface area contributed by atoms with Crippen LogP contribution in [0.15, 0.2) is 29.6 Å². The number of carbonyl (C=O) groups is 1. The smallest absolute Gasteiger partial charge is 0.224 e. The van der Waals surface area contributed by atoms with Crippen molar-refractivity contribution in [1.82, 2.24) is 4.98 Å². The number of aromatic nitrogens is 1. The van der Waals surface area contributed by atoms with E-state index in [4.69, 9.17) is 4.74 Å². The summed E-state index contributed by atoms with van der Waals surface area (Å²) in [7, 11) is 1.69. The van der Waals surface area contributed by atoms with E-state index < -0.39 is 0 Å². The van der Waals surface area contributed by atoms with Crippen molar-refractivity contribution in [1.29, 1.82) is 0 Å². The Bertz CT molecular complexity index is 655. The van der Waals surface area contributed by atoms with Crippen molar-refractivity contribution in [3.63, 3.8) is 0 Å². The molecule has 136 valence electrons. The van der Waals surface area contributed by atoms with Crippen molar-refractivity contribution in [2.45, 2.75) is 45.6 Å². The fourth-order valence-electron chi connectivity index (χ4n) is 2.46. The molecule has 0 saturated carbocycles. The first-order chi connectivity index (χ1) is 12.1. The van der Waals surface area contributed by atoms with Gasteiger partial charge in [0.2, 0.25) is 5.91 Å². The molecule has 2 rings (SSSR count). The lowest BCUT2D eigenvalue weighted by Gasteiger charge is -2.10. The number of anilines is 2. The summed E-state index contributed by atoms with van der Waals surface area (Å²) in [5.74, 6) is 0.0773. The number of amides is 1. The molecule has 0 bridgehead atoms. The Morgan fingerprint density at radius 2 is 2.04 bits per heavy atom. The third-order valence-corrected chi connectivity index (χ3v) is 4.54.